The van der Waals surface area contributed by atoms with Crippen molar-refractivity contribution in [1.29, 1.82) is 0 Å². The lowest BCUT2D eigenvalue weighted by atomic mass is 10.1. The predicted octanol–water partition coefficient (Wildman–Crippen LogP) is 4.26. The topological polar surface area (TPSA) is 67.6 Å². The summed E-state index contributed by atoms with van der Waals surface area (Å²) in [5, 5.41) is 0.540. The summed E-state index contributed by atoms with van der Waals surface area (Å²) in [5.41, 5.74) is 2.91. The number of hydrogen-bond acceptors (Lipinski definition) is 6. The Kier molecular flexibility index (Phi) is 5.75. The van der Waals surface area contributed by atoms with Crippen molar-refractivity contribution in [2.24, 2.45) is 0 Å². The van der Waals surface area contributed by atoms with Gasteiger partial charge in [0, 0.05) is 23.7 Å². The second kappa shape index (κ2) is 8.52. The minimum atomic E-state index is -0.285. The van der Waals surface area contributed by atoms with Gasteiger partial charge in [0.2, 0.25) is 0 Å². The second-order valence-corrected chi connectivity index (χ2v) is 8.81. The Hall–Kier alpha value is -1.97. The molecular formula is C22H21BrClN3O4. The van der Waals surface area contributed by atoms with Crippen molar-refractivity contribution in [1.82, 2.24) is 14.5 Å². The van der Waals surface area contributed by atoms with Gasteiger partial charge in [0.05, 0.1) is 29.4 Å². The van der Waals surface area contributed by atoms with Crippen LogP contribution in [0.4, 0.5) is 0 Å². The van der Waals surface area contributed by atoms with E-state index in [4.69, 9.17) is 35.5 Å². The van der Waals surface area contributed by atoms with Gasteiger partial charge in [-0.25, -0.2) is 4.98 Å². The van der Waals surface area contributed by atoms with Crippen molar-refractivity contribution in [3.8, 4) is 17.3 Å². The Morgan fingerprint density at radius 1 is 1.19 bits per heavy atom. The highest BCUT2D eigenvalue weighted by atomic mass is 79.9. The molecule has 2 aliphatic heterocycles. The van der Waals surface area contributed by atoms with Gasteiger partial charge in [-0.15, -0.1) is 6.58 Å². The number of nitrogens with zero attached hydrogens (tertiary/aromatic N) is 3. The van der Waals surface area contributed by atoms with Crippen molar-refractivity contribution in [2.75, 3.05) is 20.3 Å². The quantitative estimate of drug-likeness (QED) is 0.466. The van der Waals surface area contributed by atoms with Gasteiger partial charge >= 0.3 is 0 Å². The predicted molar refractivity (Wildman–Crippen MR) is 121 cm³/mol. The number of hydrogen-bond donors (Lipinski definition) is 0. The number of aromatic nitrogens is 3. The van der Waals surface area contributed by atoms with Crippen LogP contribution in [-0.2, 0) is 20.8 Å². The fourth-order valence-corrected chi connectivity index (χ4v) is 4.60. The largest absolute Gasteiger partial charge is 0.456 e. The van der Waals surface area contributed by atoms with Gasteiger partial charge in [-0.1, -0.05) is 45.7 Å². The van der Waals surface area contributed by atoms with Crippen LogP contribution in [0.5, 0.6) is 6.01 Å². The van der Waals surface area contributed by atoms with Crippen LogP contribution in [-0.4, -0.2) is 59.3 Å². The highest BCUT2D eigenvalue weighted by Gasteiger charge is 2.49. The number of halogens is 2. The Morgan fingerprint density at radius 3 is 2.61 bits per heavy atom. The molecule has 2 aliphatic rings. The van der Waals surface area contributed by atoms with Crippen molar-refractivity contribution in [3.05, 3.63) is 52.5 Å². The summed E-state index contributed by atoms with van der Waals surface area (Å²) in [7, 11) is 1.66. The Morgan fingerprint density at radius 2 is 1.90 bits per heavy atom. The zero-order chi connectivity index (χ0) is 21.5. The van der Waals surface area contributed by atoms with Gasteiger partial charge in [-0.05, 0) is 18.2 Å². The minimum Gasteiger partial charge on any atom is -0.456 e. The van der Waals surface area contributed by atoms with Gasteiger partial charge in [-0.3, -0.25) is 4.57 Å². The summed E-state index contributed by atoms with van der Waals surface area (Å²) in [5.74, 6) is 0. The molecule has 0 saturated carbocycles. The van der Waals surface area contributed by atoms with E-state index in [1.54, 1.807) is 13.2 Å². The van der Waals surface area contributed by atoms with Crippen LogP contribution in [0.3, 0.4) is 0 Å². The molecule has 162 valence electrons. The van der Waals surface area contributed by atoms with E-state index in [2.05, 4.69) is 27.5 Å². The molecule has 31 heavy (non-hydrogen) atoms. The van der Waals surface area contributed by atoms with Gasteiger partial charge in [-0.2, -0.15) is 4.98 Å². The number of allylic oxidation sites excluding steroid dienone is 1. The van der Waals surface area contributed by atoms with Crippen molar-refractivity contribution >= 4 is 38.7 Å². The standard InChI is InChI=1S/C22H21BrClN3O4/c1-3-8-27-15-9-14(24)18(12-4-6-13(23)7-5-12)25-21(15)26-22(27)31-17-11-30-19-16(28-2)10-29-20(17)19/h3-7,9,16-17,19-20H,1,8,10-11H2,2H3/t16-,17-,19-,20-/m1/s1. The number of rotatable bonds is 6. The van der Waals surface area contributed by atoms with Gasteiger partial charge in [0.15, 0.2) is 11.8 Å². The fraction of sp³-hybridized carbons (Fsp3) is 0.364. The molecule has 9 heteroatoms. The first-order valence-electron chi connectivity index (χ1n) is 9.95. The number of pyridine rings is 1. The van der Waals surface area contributed by atoms with Gasteiger partial charge in [0.1, 0.15) is 18.3 Å². The number of fused-ring (bicyclic) bond motifs is 2. The molecule has 5 rings (SSSR count). The summed E-state index contributed by atoms with van der Waals surface area (Å²) < 4.78 is 26.3. The lowest BCUT2D eigenvalue weighted by Gasteiger charge is -2.17. The van der Waals surface area contributed by atoms with E-state index in [9.17, 15) is 0 Å². The fourth-order valence-electron chi connectivity index (χ4n) is 4.08. The third kappa shape index (κ3) is 3.76. The first-order chi connectivity index (χ1) is 15.1. The van der Waals surface area contributed by atoms with E-state index in [-0.39, 0.29) is 24.4 Å². The first kappa shape index (κ1) is 20.9. The second-order valence-electron chi connectivity index (χ2n) is 7.49. The van der Waals surface area contributed by atoms with E-state index in [0.29, 0.717) is 42.1 Å². The molecule has 0 amide bonds. The zero-order valence-electron chi connectivity index (χ0n) is 16.8. The number of ether oxygens (including phenoxy) is 4. The first-order valence-corrected chi connectivity index (χ1v) is 11.1. The molecule has 0 spiro atoms. The maximum absolute atomic E-state index is 6.60. The van der Waals surface area contributed by atoms with Crippen molar-refractivity contribution in [2.45, 2.75) is 31.0 Å². The lowest BCUT2D eigenvalue weighted by Crippen LogP contribution is -2.35. The van der Waals surface area contributed by atoms with Crippen LogP contribution in [0.1, 0.15) is 0 Å². The third-order valence-corrected chi connectivity index (χ3v) is 6.43. The number of methoxy groups -OCH3 is 1. The Bertz CT molecular complexity index is 1120. The van der Waals surface area contributed by atoms with E-state index in [1.165, 1.54) is 0 Å². The highest BCUT2D eigenvalue weighted by Crippen LogP contribution is 2.34. The lowest BCUT2D eigenvalue weighted by molar-refractivity contribution is -0.0148. The van der Waals surface area contributed by atoms with Gasteiger partial charge < -0.3 is 18.9 Å². The maximum atomic E-state index is 6.60. The summed E-state index contributed by atoms with van der Waals surface area (Å²) in [6.45, 7) is 5.26. The number of imidazole rings is 1. The molecule has 0 unspecified atom stereocenters. The SMILES string of the molecule is C=CCn1c(O[C@@H]2CO[C@H]3[C@@H]2OC[C@H]3OC)nc2nc(-c3ccc(Br)cc3)c(Cl)cc21. The van der Waals surface area contributed by atoms with Crippen LogP contribution in [0.15, 0.2) is 47.5 Å². The average Bonchev–Trinajstić information content (AvgIpc) is 3.44. The average molecular weight is 507 g/mol. The highest BCUT2D eigenvalue weighted by molar-refractivity contribution is 9.10. The minimum absolute atomic E-state index is 0.0838. The summed E-state index contributed by atoms with van der Waals surface area (Å²) in [6, 6.07) is 10.1. The van der Waals surface area contributed by atoms with Crippen molar-refractivity contribution in [3.63, 3.8) is 0 Å². The Labute approximate surface area is 193 Å². The smallest absolute Gasteiger partial charge is 0.299 e. The molecule has 4 heterocycles. The molecule has 1 aromatic carbocycles. The van der Waals surface area contributed by atoms with Crippen LogP contribution in [0.2, 0.25) is 5.02 Å². The number of benzene rings is 1. The normalized spacial score (nSPS) is 25.1. The summed E-state index contributed by atoms with van der Waals surface area (Å²) >= 11 is 10.1. The molecule has 0 N–H and O–H groups in total. The van der Waals surface area contributed by atoms with Crippen LogP contribution < -0.4 is 4.74 Å². The van der Waals surface area contributed by atoms with E-state index in [0.717, 1.165) is 15.6 Å². The molecular weight excluding hydrogens is 486 g/mol. The zero-order valence-corrected chi connectivity index (χ0v) is 19.2. The maximum Gasteiger partial charge on any atom is 0.299 e. The molecule has 0 aliphatic carbocycles. The monoisotopic (exact) mass is 505 g/mol. The molecule has 4 atom stereocenters. The molecule has 0 radical (unpaired) electrons. The molecule has 2 aromatic heterocycles. The van der Waals surface area contributed by atoms with E-state index < -0.39 is 0 Å². The Balaban J connectivity index is 1.50. The van der Waals surface area contributed by atoms with Crippen molar-refractivity contribution < 1.29 is 18.9 Å². The third-order valence-electron chi connectivity index (χ3n) is 5.61. The van der Waals surface area contributed by atoms with Gasteiger partial charge in [0.25, 0.3) is 6.01 Å². The summed E-state index contributed by atoms with van der Waals surface area (Å²) in [6.07, 6.45) is 1.08. The van der Waals surface area contributed by atoms with E-state index in [1.807, 2.05) is 34.9 Å². The van der Waals surface area contributed by atoms with Crippen LogP contribution in [0.25, 0.3) is 22.4 Å². The molecule has 2 saturated heterocycles. The van der Waals surface area contributed by atoms with Crippen LogP contribution >= 0.6 is 27.5 Å². The van der Waals surface area contributed by atoms with Crippen LogP contribution in [0, 0.1) is 0 Å². The summed E-state index contributed by atoms with van der Waals surface area (Å²) in [4.78, 5) is 9.39. The molecule has 3 aromatic rings. The molecule has 7 nitrogen and oxygen atoms in total. The molecule has 0 bridgehead atoms. The molecule has 2 fully saturated rings. The van der Waals surface area contributed by atoms with E-state index >= 15 is 0 Å².